The van der Waals surface area contributed by atoms with Gasteiger partial charge in [0.1, 0.15) is 18.0 Å². The Hall–Kier alpha value is -1.17. The van der Waals surface area contributed by atoms with E-state index in [1.54, 1.807) is 0 Å². The summed E-state index contributed by atoms with van der Waals surface area (Å²) in [6.45, 7) is 5.50. The van der Waals surface area contributed by atoms with Gasteiger partial charge in [0.25, 0.3) is 0 Å². The lowest BCUT2D eigenvalue weighted by Crippen LogP contribution is -2.35. The van der Waals surface area contributed by atoms with Crippen LogP contribution in [-0.2, 0) is 0 Å². The standard InChI is InChI=1S/C18H25NP/c1-3-5-16-20(19-4-2,17-12-8-6-9-13-17)18-14-10-7-11-15-18/h6-15,19H,3-5,16H2,1-2H3/q+1. The van der Waals surface area contributed by atoms with Crippen molar-refractivity contribution in [3.05, 3.63) is 60.7 Å². The molecule has 0 aromatic heterocycles. The van der Waals surface area contributed by atoms with Crippen LogP contribution in [0.5, 0.6) is 0 Å². The fourth-order valence-electron chi connectivity index (χ4n) is 2.70. The van der Waals surface area contributed by atoms with Crippen molar-refractivity contribution >= 4 is 18.0 Å². The molecule has 2 heteroatoms. The second kappa shape index (κ2) is 7.57. The molecule has 0 radical (unpaired) electrons. The molecule has 1 N–H and O–H groups in total. The Balaban J connectivity index is 2.50. The van der Waals surface area contributed by atoms with E-state index in [1.165, 1.54) is 29.6 Å². The second-order valence-corrected chi connectivity index (χ2v) is 8.49. The Morgan fingerprint density at radius 3 is 1.70 bits per heavy atom. The molecule has 0 saturated heterocycles. The zero-order valence-electron chi connectivity index (χ0n) is 12.5. The molecule has 0 aliphatic carbocycles. The minimum Gasteiger partial charge on any atom is -0.183 e. The van der Waals surface area contributed by atoms with Gasteiger partial charge in [0.2, 0.25) is 0 Å². The van der Waals surface area contributed by atoms with Crippen LogP contribution in [0.25, 0.3) is 0 Å². The number of benzene rings is 2. The smallest absolute Gasteiger partial charge is 0.145 e. The SMILES string of the molecule is CCCC[P+](NCC)(c1ccccc1)c1ccccc1. The molecular formula is C18H25NP+. The highest BCUT2D eigenvalue weighted by molar-refractivity contribution is 7.87. The summed E-state index contributed by atoms with van der Waals surface area (Å²) in [5.41, 5.74) is 0. The molecule has 106 valence electrons. The summed E-state index contributed by atoms with van der Waals surface area (Å²) in [4.78, 5) is 0. The first-order valence-electron chi connectivity index (χ1n) is 7.58. The fourth-order valence-corrected chi connectivity index (χ4v) is 6.73. The molecule has 0 unspecified atom stereocenters. The van der Waals surface area contributed by atoms with Crippen LogP contribution in [0.4, 0.5) is 0 Å². The van der Waals surface area contributed by atoms with Gasteiger partial charge in [-0.05, 0) is 37.6 Å². The summed E-state index contributed by atoms with van der Waals surface area (Å²) in [7, 11) is -1.47. The Bertz CT molecular complexity index is 456. The zero-order valence-corrected chi connectivity index (χ0v) is 13.4. The number of hydrogen-bond donors (Lipinski definition) is 1. The van der Waals surface area contributed by atoms with Crippen LogP contribution in [0.2, 0.25) is 0 Å². The normalized spacial score (nSPS) is 11.5. The molecular weight excluding hydrogens is 261 g/mol. The second-order valence-electron chi connectivity index (χ2n) is 5.07. The van der Waals surface area contributed by atoms with Crippen molar-refractivity contribution in [2.24, 2.45) is 0 Å². The number of unbranched alkanes of at least 4 members (excludes halogenated alkanes) is 1. The van der Waals surface area contributed by atoms with E-state index in [0.29, 0.717) is 0 Å². The molecule has 0 heterocycles. The van der Waals surface area contributed by atoms with Crippen LogP contribution in [0, 0.1) is 0 Å². The van der Waals surface area contributed by atoms with Gasteiger partial charge in [0, 0.05) is 6.54 Å². The van der Waals surface area contributed by atoms with Crippen LogP contribution in [-0.4, -0.2) is 12.7 Å². The molecule has 0 fully saturated rings. The lowest BCUT2D eigenvalue weighted by Gasteiger charge is -2.27. The molecule has 1 nitrogen and oxygen atoms in total. The first kappa shape index (κ1) is 15.2. The van der Waals surface area contributed by atoms with E-state index in [2.05, 4.69) is 79.6 Å². The van der Waals surface area contributed by atoms with Crippen molar-refractivity contribution in [2.75, 3.05) is 12.7 Å². The van der Waals surface area contributed by atoms with E-state index < -0.39 is 7.41 Å². The van der Waals surface area contributed by atoms with Gasteiger partial charge in [-0.1, -0.05) is 49.7 Å². The number of rotatable bonds is 7. The molecule has 0 atom stereocenters. The third-order valence-corrected chi connectivity index (χ3v) is 7.87. The summed E-state index contributed by atoms with van der Waals surface area (Å²) >= 11 is 0. The molecule has 0 amide bonds. The van der Waals surface area contributed by atoms with E-state index in [0.717, 1.165) is 6.54 Å². The average molecular weight is 286 g/mol. The summed E-state index contributed by atoms with van der Waals surface area (Å²) in [6.07, 6.45) is 3.75. The zero-order chi connectivity index (χ0) is 14.3. The van der Waals surface area contributed by atoms with Gasteiger partial charge >= 0.3 is 0 Å². The molecule has 0 aliphatic rings. The summed E-state index contributed by atoms with van der Waals surface area (Å²) < 4.78 is 0. The molecule has 0 saturated carbocycles. The fraction of sp³-hybridized carbons (Fsp3) is 0.333. The monoisotopic (exact) mass is 286 g/mol. The van der Waals surface area contributed by atoms with Gasteiger partial charge in [-0.15, -0.1) is 0 Å². The summed E-state index contributed by atoms with van der Waals surface area (Å²) in [5.74, 6) is 0. The molecule has 0 spiro atoms. The van der Waals surface area contributed by atoms with Crippen LogP contribution >= 0.6 is 7.41 Å². The first-order chi connectivity index (χ1) is 9.83. The molecule has 2 aromatic rings. The molecule has 20 heavy (non-hydrogen) atoms. The summed E-state index contributed by atoms with van der Waals surface area (Å²) in [5, 5.41) is 6.82. The predicted octanol–water partition coefficient (Wildman–Crippen LogP) is 3.98. The van der Waals surface area contributed by atoms with E-state index >= 15 is 0 Å². The third-order valence-electron chi connectivity index (χ3n) is 3.67. The molecule has 0 aliphatic heterocycles. The Labute approximate surface area is 123 Å². The quantitative estimate of drug-likeness (QED) is 0.759. The van der Waals surface area contributed by atoms with Crippen molar-refractivity contribution < 1.29 is 0 Å². The molecule has 2 rings (SSSR count). The number of hydrogen-bond acceptors (Lipinski definition) is 1. The van der Waals surface area contributed by atoms with Crippen LogP contribution < -0.4 is 15.7 Å². The highest BCUT2D eigenvalue weighted by Gasteiger charge is 2.41. The molecule has 0 bridgehead atoms. The van der Waals surface area contributed by atoms with Crippen LogP contribution in [0.3, 0.4) is 0 Å². The lowest BCUT2D eigenvalue weighted by molar-refractivity contribution is 0.878. The van der Waals surface area contributed by atoms with Gasteiger partial charge in [0.05, 0.1) is 6.16 Å². The largest absolute Gasteiger partial charge is 0.183 e. The Kier molecular flexibility index (Phi) is 5.76. The van der Waals surface area contributed by atoms with E-state index in [1.807, 2.05) is 0 Å². The van der Waals surface area contributed by atoms with Crippen molar-refractivity contribution in [1.29, 1.82) is 0 Å². The summed E-state index contributed by atoms with van der Waals surface area (Å²) in [6, 6.07) is 22.0. The average Bonchev–Trinajstić information content (AvgIpc) is 2.53. The Morgan fingerprint density at radius 2 is 1.30 bits per heavy atom. The van der Waals surface area contributed by atoms with Gasteiger partial charge < -0.3 is 0 Å². The van der Waals surface area contributed by atoms with E-state index in [9.17, 15) is 0 Å². The lowest BCUT2D eigenvalue weighted by atomic mass is 10.4. The minimum absolute atomic E-state index is 1.02. The van der Waals surface area contributed by atoms with Crippen molar-refractivity contribution in [1.82, 2.24) is 5.09 Å². The van der Waals surface area contributed by atoms with Crippen molar-refractivity contribution in [3.63, 3.8) is 0 Å². The number of nitrogens with one attached hydrogen (secondary N) is 1. The highest BCUT2D eigenvalue weighted by atomic mass is 31.2. The van der Waals surface area contributed by atoms with Gasteiger partial charge in [0.15, 0.2) is 0 Å². The van der Waals surface area contributed by atoms with Gasteiger partial charge in [-0.2, -0.15) is 5.09 Å². The van der Waals surface area contributed by atoms with Gasteiger partial charge in [-0.25, -0.2) is 0 Å². The Morgan fingerprint density at radius 1 is 0.800 bits per heavy atom. The van der Waals surface area contributed by atoms with E-state index in [-0.39, 0.29) is 0 Å². The topological polar surface area (TPSA) is 12.0 Å². The van der Waals surface area contributed by atoms with Crippen LogP contribution in [0.1, 0.15) is 26.7 Å². The highest BCUT2D eigenvalue weighted by Crippen LogP contribution is 2.52. The maximum atomic E-state index is 3.87. The van der Waals surface area contributed by atoms with Crippen molar-refractivity contribution in [2.45, 2.75) is 26.7 Å². The van der Waals surface area contributed by atoms with Gasteiger partial charge in [-0.3, -0.25) is 0 Å². The first-order valence-corrected chi connectivity index (χ1v) is 9.55. The van der Waals surface area contributed by atoms with Crippen LogP contribution in [0.15, 0.2) is 60.7 Å². The maximum absolute atomic E-state index is 3.87. The van der Waals surface area contributed by atoms with E-state index in [4.69, 9.17) is 0 Å². The molecule has 2 aromatic carbocycles. The maximum Gasteiger partial charge on any atom is 0.145 e. The minimum atomic E-state index is -1.47. The predicted molar refractivity (Wildman–Crippen MR) is 92.5 cm³/mol. The van der Waals surface area contributed by atoms with Crippen molar-refractivity contribution in [3.8, 4) is 0 Å². The third kappa shape index (κ3) is 3.29.